The van der Waals surface area contributed by atoms with Crippen LogP contribution in [0.4, 0.5) is 0 Å². The van der Waals surface area contributed by atoms with E-state index in [9.17, 15) is 19.5 Å². The topological polar surface area (TPSA) is 95.9 Å². The quantitative estimate of drug-likeness (QED) is 0.458. The third-order valence-corrected chi connectivity index (χ3v) is 8.99. The van der Waals surface area contributed by atoms with E-state index in [0.717, 1.165) is 0 Å². The molecule has 3 heterocycles. The van der Waals surface area contributed by atoms with E-state index in [1.165, 1.54) is 4.90 Å². The van der Waals surface area contributed by atoms with E-state index < -0.39 is 34.2 Å². The second kappa shape index (κ2) is 7.47. The Balaban J connectivity index is 2.07. The van der Waals surface area contributed by atoms with Gasteiger partial charge in [-0.15, -0.1) is 11.8 Å². The average molecular weight is 477 g/mol. The Morgan fingerprint density at radius 1 is 1.46 bits per heavy atom. The van der Waals surface area contributed by atoms with Gasteiger partial charge in [-0.2, -0.15) is 0 Å². The van der Waals surface area contributed by atoms with Crippen molar-refractivity contribution in [2.24, 2.45) is 11.8 Å². The second-order valence-electron chi connectivity index (χ2n) is 8.93. The van der Waals surface area contributed by atoms with Crippen LogP contribution in [0.2, 0.25) is 0 Å². The molecule has 3 aliphatic heterocycles. The number of halogens is 1. The molecular formula is C19H29BrN2O5S. The molecule has 7 atom stereocenters. The van der Waals surface area contributed by atoms with Crippen LogP contribution < -0.4 is 5.32 Å². The number of hydrogen-bond donors (Lipinski definition) is 2. The first kappa shape index (κ1) is 21.9. The molecule has 3 rings (SSSR count). The highest BCUT2D eigenvalue weighted by Crippen LogP contribution is 2.68. The Morgan fingerprint density at radius 3 is 2.64 bits per heavy atom. The summed E-state index contributed by atoms with van der Waals surface area (Å²) in [5.74, 6) is -2.04. The number of thioether (sulfide) groups is 1. The molecule has 9 heteroatoms. The molecule has 28 heavy (non-hydrogen) atoms. The smallest absolute Gasteiger partial charge is 0.310 e. The fourth-order valence-corrected chi connectivity index (χ4v) is 8.46. The Kier molecular flexibility index (Phi) is 5.84. The molecule has 0 saturated carbocycles. The van der Waals surface area contributed by atoms with E-state index in [1.807, 2.05) is 20.8 Å². The number of ether oxygens (including phenoxy) is 1. The highest BCUT2D eigenvalue weighted by molar-refractivity contribution is 9.09. The molecule has 2 amide bonds. The van der Waals surface area contributed by atoms with Crippen LogP contribution in [-0.2, 0) is 19.1 Å². The highest BCUT2D eigenvalue weighted by atomic mass is 79.9. The van der Waals surface area contributed by atoms with E-state index in [2.05, 4.69) is 21.2 Å². The van der Waals surface area contributed by atoms with Gasteiger partial charge in [-0.1, -0.05) is 15.9 Å². The molecule has 2 N–H and O–H groups in total. The number of likely N-dealkylation sites (tertiary alicyclic amines) is 1. The number of carbonyl (C=O) groups excluding carboxylic acids is 3. The number of nitrogens with zero attached hydrogens (tertiary/aromatic N) is 1. The first-order valence-corrected chi connectivity index (χ1v) is 11.5. The number of carbonyl (C=O) groups is 3. The lowest BCUT2D eigenvalue weighted by molar-refractivity contribution is -0.154. The Labute approximate surface area is 178 Å². The maximum Gasteiger partial charge on any atom is 0.310 e. The summed E-state index contributed by atoms with van der Waals surface area (Å²) in [7, 11) is 0. The summed E-state index contributed by atoms with van der Waals surface area (Å²) in [6, 6.07) is -1.25. The van der Waals surface area contributed by atoms with Crippen LogP contribution in [0.5, 0.6) is 0 Å². The lowest BCUT2D eigenvalue weighted by Gasteiger charge is -2.38. The molecule has 0 aliphatic carbocycles. The zero-order valence-electron chi connectivity index (χ0n) is 16.9. The van der Waals surface area contributed by atoms with Crippen molar-refractivity contribution in [3.05, 3.63) is 0 Å². The zero-order valence-corrected chi connectivity index (χ0v) is 19.3. The lowest BCUT2D eigenvalue weighted by atomic mass is 9.71. The summed E-state index contributed by atoms with van der Waals surface area (Å²) in [6.45, 7) is 9.16. The molecule has 3 aliphatic rings. The van der Waals surface area contributed by atoms with Crippen LogP contribution in [0.1, 0.15) is 41.0 Å². The molecule has 0 aromatic heterocycles. The van der Waals surface area contributed by atoms with Crippen molar-refractivity contribution in [2.75, 3.05) is 13.2 Å². The first-order valence-electron chi connectivity index (χ1n) is 9.72. The van der Waals surface area contributed by atoms with Gasteiger partial charge in [-0.3, -0.25) is 14.4 Å². The van der Waals surface area contributed by atoms with Gasteiger partial charge in [0.1, 0.15) is 6.04 Å². The number of amides is 2. The van der Waals surface area contributed by atoms with Crippen molar-refractivity contribution in [1.29, 1.82) is 0 Å². The minimum absolute atomic E-state index is 0.0188. The number of fused-ring (bicyclic) bond motifs is 1. The van der Waals surface area contributed by atoms with Gasteiger partial charge in [0.2, 0.25) is 11.8 Å². The van der Waals surface area contributed by atoms with Gasteiger partial charge < -0.3 is 20.1 Å². The lowest BCUT2D eigenvalue weighted by Crippen LogP contribution is -2.59. The molecule has 3 fully saturated rings. The molecule has 0 aromatic rings. The van der Waals surface area contributed by atoms with Crippen LogP contribution in [0.25, 0.3) is 0 Å². The van der Waals surface area contributed by atoms with Crippen LogP contribution in [0.15, 0.2) is 0 Å². The summed E-state index contributed by atoms with van der Waals surface area (Å²) in [5.41, 5.74) is -0.460. The molecule has 158 valence electrons. The summed E-state index contributed by atoms with van der Waals surface area (Å²) in [4.78, 5) is 41.1. The minimum Gasteiger partial charge on any atom is -0.466 e. The predicted octanol–water partition coefficient (Wildman–Crippen LogP) is 1.31. The normalized spacial score (nSPS) is 37.8. The maximum absolute atomic E-state index is 13.5. The number of nitrogens with one attached hydrogen (secondary N) is 1. The Morgan fingerprint density at radius 2 is 2.11 bits per heavy atom. The van der Waals surface area contributed by atoms with Crippen molar-refractivity contribution < 1.29 is 24.2 Å². The highest BCUT2D eigenvalue weighted by Gasteiger charge is 2.76. The standard InChI is InChI=1S/C19H29BrN2O5S/c1-6-27-17(26)11-12-16(25)22(9(2)8-23)14(15(24)21-18(3,4)5)19(12)7-10(20)13(11)28-19/h9-14,23H,6-8H2,1-5H3,(H,21,24)/t9-,10?,11-,12+,13-,14?,19?/m1/s1. The molecular weight excluding hydrogens is 448 g/mol. The van der Waals surface area contributed by atoms with Crippen molar-refractivity contribution in [2.45, 2.75) is 73.5 Å². The number of esters is 1. The van der Waals surface area contributed by atoms with E-state index in [1.54, 1.807) is 25.6 Å². The molecule has 3 saturated heterocycles. The van der Waals surface area contributed by atoms with E-state index in [-0.39, 0.29) is 41.1 Å². The van der Waals surface area contributed by atoms with Crippen LogP contribution in [0, 0.1) is 11.8 Å². The molecule has 0 aromatic carbocycles. The molecule has 3 unspecified atom stereocenters. The van der Waals surface area contributed by atoms with Crippen molar-refractivity contribution in [3.63, 3.8) is 0 Å². The first-order chi connectivity index (χ1) is 13.0. The fourth-order valence-electron chi connectivity index (χ4n) is 4.87. The Hall–Kier alpha value is -0.800. The number of aliphatic hydroxyl groups excluding tert-OH is 1. The molecule has 1 spiro atoms. The van der Waals surface area contributed by atoms with E-state index in [0.29, 0.717) is 6.42 Å². The maximum atomic E-state index is 13.5. The predicted molar refractivity (Wildman–Crippen MR) is 110 cm³/mol. The number of rotatable bonds is 5. The summed E-state index contributed by atoms with van der Waals surface area (Å²) in [6.07, 6.45) is 0.617. The van der Waals surface area contributed by atoms with Gasteiger partial charge in [0.05, 0.1) is 35.8 Å². The molecule has 7 nitrogen and oxygen atoms in total. The average Bonchev–Trinajstić information content (AvgIpc) is 3.16. The Bertz CT molecular complexity index is 684. The van der Waals surface area contributed by atoms with Crippen LogP contribution in [0.3, 0.4) is 0 Å². The van der Waals surface area contributed by atoms with Gasteiger partial charge in [0.15, 0.2) is 0 Å². The van der Waals surface area contributed by atoms with Crippen molar-refractivity contribution >= 4 is 45.5 Å². The van der Waals surface area contributed by atoms with Crippen LogP contribution >= 0.6 is 27.7 Å². The number of hydrogen-bond acceptors (Lipinski definition) is 6. The van der Waals surface area contributed by atoms with Gasteiger partial charge >= 0.3 is 5.97 Å². The number of aliphatic hydroxyl groups is 1. The molecule has 0 radical (unpaired) electrons. The summed E-state index contributed by atoms with van der Waals surface area (Å²) in [5, 5.41) is 12.7. The monoisotopic (exact) mass is 476 g/mol. The minimum atomic E-state index is -0.735. The van der Waals surface area contributed by atoms with Crippen molar-refractivity contribution in [1.82, 2.24) is 10.2 Å². The summed E-state index contributed by atoms with van der Waals surface area (Å²) >= 11 is 5.24. The van der Waals surface area contributed by atoms with Gasteiger partial charge in [-0.25, -0.2) is 0 Å². The second-order valence-corrected chi connectivity index (χ2v) is 11.6. The SMILES string of the molecule is CCOC(=O)[C@H]1[C@@H]2SC3(CC2Br)C(C(=O)NC(C)(C)C)N([C@H](C)CO)C(=O)[C@H]13. The summed E-state index contributed by atoms with van der Waals surface area (Å²) < 4.78 is 4.58. The van der Waals surface area contributed by atoms with Crippen LogP contribution in [-0.4, -0.2) is 73.5 Å². The van der Waals surface area contributed by atoms with E-state index >= 15 is 0 Å². The fraction of sp³-hybridized carbons (Fsp3) is 0.842. The van der Waals surface area contributed by atoms with Gasteiger partial charge in [0.25, 0.3) is 0 Å². The largest absolute Gasteiger partial charge is 0.466 e. The zero-order chi connectivity index (χ0) is 21.0. The third kappa shape index (κ3) is 3.27. The van der Waals surface area contributed by atoms with Gasteiger partial charge in [0, 0.05) is 15.6 Å². The third-order valence-electron chi connectivity index (χ3n) is 5.77. The number of alkyl halides is 1. The van der Waals surface area contributed by atoms with Gasteiger partial charge in [-0.05, 0) is 41.0 Å². The molecule has 2 bridgehead atoms. The van der Waals surface area contributed by atoms with E-state index in [4.69, 9.17) is 4.74 Å². The van der Waals surface area contributed by atoms with Crippen molar-refractivity contribution in [3.8, 4) is 0 Å².